The maximum atomic E-state index is 12.7. The second-order valence-corrected chi connectivity index (χ2v) is 8.17. The summed E-state index contributed by atoms with van der Waals surface area (Å²) in [6, 6.07) is 6.10. The fraction of sp³-hybridized carbons (Fsp3) is 0.435. The largest absolute Gasteiger partial charge is 0.392 e. The summed E-state index contributed by atoms with van der Waals surface area (Å²) in [5.41, 5.74) is 4.07. The Morgan fingerprint density at radius 3 is 2.91 bits per heavy atom. The molecule has 9 nitrogen and oxygen atoms in total. The van der Waals surface area contributed by atoms with Crippen LogP contribution in [0.2, 0.25) is 0 Å². The average molecular weight is 439 g/mol. The molecule has 0 aliphatic carbocycles. The Balaban J connectivity index is 1.41. The predicted octanol–water partition coefficient (Wildman–Crippen LogP) is 1.74. The third-order valence-corrected chi connectivity index (χ3v) is 5.88. The van der Waals surface area contributed by atoms with E-state index in [0.29, 0.717) is 24.2 Å². The molecule has 2 aromatic rings. The number of ether oxygens (including phenoxy) is 1. The number of nitrogens with zero attached hydrogens (tertiary/aromatic N) is 3. The molecule has 1 saturated heterocycles. The Hall–Kier alpha value is -3.17. The van der Waals surface area contributed by atoms with Crippen LogP contribution in [0.25, 0.3) is 0 Å². The molecule has 0 saturated carbocycles. The monoisotopic (exact) mass is 438 g/mol. The fourth-order valence-electron chi connectivity index (χ4n) is 3.94. The second kappa shape index (κ2) is 9.97. The van der Waals surface area contributed by atoms with Gasteiger partial charge in [-0.3, -0.25) is 4.79 Å². The van der Waals surface area contributed by atoms with Gasteiger partial charge in [0, 0.05) is 38.2 Å². The fourth-order valence-corrected chi connectivity index (χ4v) is 3.94. The van der Waals surface area contributed by atoms with Gasteiger partial charge in [0.2, 0.25) is 0 Å². The van der Waals surface area contributed by atoms with Crippen LogP contribution in [0.1, 0.15) is 53.1 Å². The van der Waals surface area contributed by atoms with Crippen LogP contribution >= 0.6 is 0 Å². The van der Waals surface area contributed by atoms with Crippen molar-refractivity contribution < 1.29 is 14.6 Å². The number of hydrogen-bond donors (Lipinski definition) is 4. The molecule has 32 heavy (non-hydrogen) atoms. The average Bonchev–Trinajstić information content (AvgIpc) is 3.30. The molecule has 4 rings (SSSR count). The maximum Gasteiger partial charge on any atom is 0.271 e. The van der Waals surface area contributed by atoms with E-state index < -0.39 is 0 Å². The first-order valence-corrected chi connectivity index (χ1v) is 10.9. The van der Waals surface area contributed by atoms with Crippen molar-refractivity contribution in [2.45, 2.75) is 52.0 Å². The third-order valence-electron chi connectivity index (χ3n) is 5.88. The highest BCUT2D eigenvalue weighted by Gasteiger charge is 2.22. The van der Waals surface area contributed by atoms with Gasteiger partial charge in [-0.15, -0.1) is 0 Å². The number of nitrogens with one attached hydrogen (secondary N) is 3. The van der Waals surface area contributed by atoms with E-state index in [-0.39, 0.29) is 18.7 Å². The van der Waals surface area contributed by atoms with Gasteiger partial charge in [-0.05, 0) is 49.0 Å². The number of carbonyl (C=O) groups is 1. The lowest BCUT2D eigenvalue weighted by Crippen LogP contribution is -2.45. The van der Waals surface area contributed by atoms with Crippen LogP contribution in [-0.2, 0) is 17.9 Å². The van der Waals surface area contributed by atoms with E-state index in [4.69, 9.17) is 9.73 Å². The molecule has 1 aromatic heterocycles. The van der Waals surface area contributed by atoms with Crippen LogP contribution < -0.4 is 16.0 Å². The number of guanidine groups is 1. The molecule has 3 heterocycles. The second-order valence-electron chi connectivity index (χ2n) is 8.17. The van der Waals surface area contributed by atoms with E-state index in [1.165, 1.54) is 0 Å². The Morgan fingerprint density at radius 1 is 1.31 bits per heavy atom. The SMILES string of the molecule is CC1=CNC(NC2CCOCC2)=NC1n1cnc(C(=O)NCc2cccc(C)c2CO)c1. The Labute approximate surface area is 187 Å². The number of imidazole rings is 1. The molecule has 2 aliphatic rings. The summed E-state index contributed by atoms with van der Waals surface area (Å²) < 4.78 is 7.25. The standard InChI is InChI=1S/C23H30N6O3/c1-15-4-3-5-17(19(15)13-30)11-24-22(31)20-12-29(14-26-20)21-16(2)10-25-23(28-21)27-18-6-8-32-9-7-18/h3-5,10,12,14,18,21,30H,6-9,11,13H2,1-2H3,(H,24,31)(H2,25,27,28). The van der Waals surface area contributed by atoms with E-state index in [0.717, 1.165) is 48.3 Å². The Bertz CT molecular complexity index is 1020. The van der Waals surface area contributed by atoms with Crippen LogP contribution in [0.5, 0.6) is 0 Å². The molecule has 1 unspecified atom stereocenters. The van der Waals surface area contributed by atoms with Crippen LogP contribution in [0.15, 0.2) is 47.5 Å². The van der Waals surface area contributed by atoms with Gasteiger partial charge in [0.25, 0.3) is 5.91 Å². The third kappa shape index (κ3) is 5.00. The zero-order valence-corrected chi connectivity index (χ0v) is 18.5. The van der Waals surface area contributed by atoms with Crippen molar-refractivity contribution in [1.82, 2.24) is 25.5 Å². The number of aliphatic hydroxyl groups is 1. The van der Waals surface area contributed by atoms with Gasteiger partial charge in [0.1, 0.15) is 5.69 Å². The number of hydrogen-bond acceptors (Lipinski definition) is 7. The summed E-state index contributed by atoms with van der Waals surface area (Å²) in [6.07, 6.45) is 6.88. The topological polar surface area (TPSA) is 113 Å². The minimum absolute atomic E-state index is 0.0594. The van der Waals surface area contributed by atoms with Crippen LogP contribution in [0, 0.1) is 6.92 Å². The minimum atomic E-state index is -0.273. The van der Waals surface area contributed by atoms with Crippen LogP contribution in [0.3, 0.4) is 0 Å². The molecule has 9 heteroatoms. The minimum Gasteiger partial charge on any atom is -0.392 e. The molecule has 0 radical (unpaired) electrons. The number of amides is 1. The number of aliphatic imine (C=N–C) groups is 1. The summed E-state index contributed by atoms with van der Waals surface area (Å²) >= 11 is 0. The lowest BCUT2D eigenvalue weighted by Gasteiger charge is -2.28. The van der Waals surface area contributed by atoms with Crippen molar-refractivity contribution in [3.8, 4) is 0 Å². The van der Waals surface area contributed by atoms with Crippen molar-refractivity contribution >= 4 is 11.9 Å². The van der Waals surface area contributed by atoms with Crippen LogP contribution in [0.4, 0.5) is 0 Å². The summed E-state index contributed by atoms with van der Waals surface area (Å²) in [7, 11) is 0. The lowest BCUT2D eigenvalue weighted by atomic mass is 10.0. The maximum absolute atomic E-state index is 12.7. The molecule has 0 bridgehead atoms. The highest BCUT2D eigenvalue weighted by molar-refractivity contribution is 5.92. The van der Waals surface area contributed by atoms with Gasteiger partial charge in [0.15, 0.2) is 12.1 Å². The van der Waals surface area contributed by atoms with Crippen molar-refractivity contribution in [3.05, 3.63) is 64.9 Å². The molecule has 1 fully saturated rings. The van der Waals surface area contributed by atoms with Crippen molar-refractivity contribution in [2.75, 3.05) is 13.2 Å². The molecular weight excluding hydrogens is 408 g/mol. The zero-order valence-electron chi connectivity index (χ0n) is 18.5. The number of aliphatic hydroxyl groups excluding tert-OH is 1. The van der Waals surface area contributed by atoms with E-state index in [1.807, 2.05) is 42.8 Å². The van der Waals surface area contributed by atoms with Gasteiger partial charge in [-0.1, -0.05) is 18.2 Å². The van der Waals surface area contributed by atoms with Gasteiger partial charge in [0.05, 0.1) is 12.9 Å². The summed E-state index contributed by atoms with van der Waals surface area (Å²) in [4.78, 5) is 21.7. The molecule has 1 aromatic carbocycles. The van der Waals surface area contributed by atoms with Crippen LogP contribution in [-0.4, -0.2) is 45.8 Å². The number of rotatable bonds is 6. The van der Waals surface area contributed by atoms with Gasteiger partial charge < -0.3 is 30.4 Å². The van der Waals surface area contributed by atoms with E-state index >= 15 is 0 Å². The number of aromatic nitrogens is 2. The summed E-state index contributed by atoms with van der Waals surface area (Å²) in [5, 5.41) is 19.2. The highest BCUT2D eigenvalue weighted by atomic mass is 16.5. The Kier molecular flexibility index (Phi) is 6.87. The Morgan fingerprint density at radius 2 is 2.12 bits per heavy atom. The van der Waals surface area contributed by atoms with Crippen molar-refractivity contribution in [2.24, 2.45) is 4.99 Å². The molecule has 2 aliphatic heterocycles. The van der Waals surface area contributed by atoms with E-state index in [9.17, 15) is 9.90 Å². The van der Waals surface area contributed by atoms with Gasteiger partial charge >= 0.3 is 0 Å². The van der Waals surface area contributed by atoms with Gasteiger partial charge in [-0.2, -0.15) is 0 Å². The zero-order chi connectivity index (χ0) is 22.5. The predicted molar refractivity (Wildman–Crippen MR) is 121 cm³/mol. The smallest absolute Gasteiger partial charge is 0.271 e. The first-order chi connectivity index (χ1) is 15.5. The number of aryl methyl sites for hydroxylation is 1. The lowest BCUT2D eigenvalue weighted by molar-refractivity contribution is 0.0822. The normalized spacial score (nSPS) is 19.0. The molecule has 170 valence electrons. The van der Waals surface area contributed by atoms with E-state index in [2.05, 4.69) is 20.9 Å². The molecule has 1 amide bonds. The first-order valence-electron chi connectivity index (χ1n) is 10.9. The van der Waals surface area contributed by atoms with Gasteiger partial charge in [-0.25, -0.2) is 9.98 Å². The quantitative estimate of drug-likeness (QED) is 0.547. The highest BCUT2D eigenvalue weighted by Crippen LogP contribution is 2.22. The number of benzene rings is 1. The van der Waals surface area contributed by atoms with E-state index in [1.54, 1.807) is 12.5 Å². The molecular formula is C23H30N6O3. The molecule has 0 spiro atoms. The van der Waals surface area contributed by atoms with Crippen molar-refractivity contribution in [3.63, 3.8) is 0 Å². The molecule has 4 N–H and O–H groups in total. The van der Waals surface area contributed by atoms with Crippen molar-refractivity contribution in [1.29, 1.82) is 0 Å². The summed E-state index contributed by atoms with van der Waals surface area (Å²) in [5.74, 6) is 0.442. The first kappa shape index (κ1) is 22.0. The number of carbonyl (C=O) groups excluding carboxylic acids is 1. The molecule has 1 atom stereocenters. The summed E-state index contributed by atoms with van der Waals surface area (Å²) in [6.45, 7) is 5.71.